The van der Waals surface area contributed by atoms with E-state index < -0.39 is 0 Å². The summed E-state index contributed by atoms with van der Waals surface area (Å²) >= 11 is 0. The highest BCUT2D eigenvalue weighted by atomic mass is 16.5. The summed E-state index contributed by atoms with van der Waals surface area (Å²) in [5.41, 5.74) is 1.23. The minimum Gasteiger partial charge on any atom is -0.491 e. The predicted molar refractivity (Wildman–Crippen MR) is 89.0 cm³/mol. The molecule has 0 spiro atoms. The standard InChI is InChI=1S/C18H28N2O2/c1-4-7-18(21)20-12-10-19(11-13-20)14-16-8-5-6-9-17(16)22-15(2)3/h5-6,8-9,15H,4,7,10-14H2,1-3H3. The van der Waals surface area contributed by atoms with E-state index in [4.69, 9.17) is 4.74 Å². The number of piperazine rings is 1. The van der Waals surface area contributed by atoms with Gasteiger partial charge in [0.05, 0.1) is 6.10 Å². The molecule has 0 N–H and O–H groups in total. The fourth-order valence-corrected chi connectivity index (χ4v) is 2.77. The summed E-state index contributed by atoms with van der Waals surface area (Å²) in [7, 11) is 0. The van der Waals surface area contributed by atoms with E-state index in [0.717, 1.165) is 44.9 Å². The van der Waals surface area contributed by atoms with Crippen molar-refractivity contribution in [2.75, 3.05) is 26.2 Å². The Morgan fingerprint density at radius 2 is 1.86 bits per heavy atom. The topological polar surface area (TPSA) is 32.8 Å². The summed E-state index contributed by atoms with van der Waals surface area (Å²) < 4.78 is 5.89. The molecule has 1 saturated heterocycles. The van der Waals surface area contributed by atoms with E-state index in [2.05, 4.69) is 37.8 Å². The average Bonchev–Trinajstić information content (AvgIpc) is 2.50. The summed E-state index contributed by atoms with van der Waals surface area (Å²) in [6.45, 7) is 10.6. The zero-order valence-electron chi connectivity index (χ0n) is 14.0. The van der Waals surface area contributed by atoms with Gasteiger partial charge in [-0.3, -0.25) is 9.69 Å². The van der Waals surface area contributed by atoms with Gasteiger partial charge >= 0.3 is 0 Å². The van der Waals surface area contributed by atoms with E-state index in [9.17, 15) is 4.79 Å². The molecule has 0 bridgehead atoms. The normalized spacial score (nSPS) is 16.1. The third kappa shape index (κ3) is 4.73. The van der Waals surface area contributed by atoms with Crippen molar-refractivity contribution in [3.8, 4) is 5.75 Å². The number of ether oxygens (including phenoxy) is 1. The van der Waals surface area contributed by atoms with Crippen molar-refractivity contribution < 1.29 is 9.53 Å². The molecule has 0 aromatic heterocycles. The van der Waals surface area contributed by atoms with Crippen molar-refractivity contribution >= 4 is 5.91 Å². The lowest BCUT2D eigenvalue weighted by Gasteiger charge is -2.35. The molecule has 0 radical (unpaired) electrons. The Morgan fingerprint density at radius 1 is 1.18 bits per heavy atom. The summed E-state index contributed by atoms with van der Waals surface area (Å²) in [6.07, 6.45) is 1.79. The van der Waals surface area contributed by atoms with Crippen LogP contribution >= 0.6 is 0 Å². The van der Waals surface area contributed by atoms with Gasteiger partial charge in [0.2, 0.25) is 5.91 Å². The number of hydrogen-bond acceptors (Lipinski definition) is 3. The lowest BCUT2D eigenvalue weighted by molar-refractivity contribution is -0.133. The van der Waals surface area contributed by atoms with Crippen molar-refractivity contribution in [2.24, 2.45) is 0 Å². The summed E-state index contributed by atoms with van der Waals surface area (Å²) in [6, 6.07) is 8.24. The molecule has 22 heavy (non-hydrogen) atoms. The van der Waals surface area contributed by atoms with Crippen LogP contribution in [0, 0.1) is 0 Å². The zero-order chi connectivity index (χ0) is 15.9. The second kappa shape index (κ2) is 8.18. The van der Waals surface area contributed by atoms with Gasteiger partial charge in [-0.1, -0.05) is 25.1 Å². The van der Waals surface area contributed by atoms with E-state index in [1.165, 1.54) is 5.56 Å². The first-order valence-electron chi connectivity index (χ1n) is 8.34. The molecule has 1 fully saturated rings. The highest BCUT2D eigenvalue weighted by Crippen LogP contribution is 2.21. The number of carbonyl (C=O) groups excluding carboxylic acids is 1. The quantitative estimate of drug-likeness (QED) is 0.810. The fraction of sp³-hybridized carbons (Fsp3) is 0.611. The van der Waals surface area contributed by atoms with Crippen LogP contribution in [0.25, 0.3) is 0 Å². The molecule has 4 nitrogen and oxygen atoms in total. The number of carbonyl (C=O) groups is 1. The van der Waals surface area contributed by atoms with Gasteiger partial charge in [0.15, 0.2) is 0 Å². The first kappa shape index (κ1) is 16.8. The molecule has 1 aliphatic heterocycles. The molecule has 1 aromatic carbocycles. The van der Waals surface area contributed by atoms with E-state index >= 15 is 0 Å². The van der Waals surface area contributed by atoms with Gasteiger partial charge in [-0.2, -0.15) is 0 Å². The van der Waals surface area contributed by atoms with Crippen LogP contribution in [-0.4, -0.2) is 48.0 Å². The molecule has 1 aliphatic rings. The Labute approximate surface area is 134 Å². The Bertz CT molecular complexity index is 480. The van der Waals surface area contributed by atoms with Crippen LogP contribution in [0.1, 0.15) is 39.2 Å². The van der Waals surface area contributed by atoms with E-state index in [1.54, 1.807) is 0 Å². The van der Waals surface area contributed by atoms with Crippen molar-refractivity contribution in [3.63, 3.8) is 0 Å². The molecule has 122 valence electrons. The molecule has 0 atom stereocenters. The largest absolute Gasteiger partial charge is 0.491 e. The maximum Gasteiger partial charge on any atom is 0.222 e. The smallest absolute Gasteiger partial charge is 0.222 e. The maximum absolute atomic E-state index is 11.9. The Hall–Kier alpha value is -1.55. The monoisotopic (exact) mass is 304 g/mol. The predicted octanol–water partition coefficient (Wildman–Crippen LogP) is 2.92. The lowest BCUT2D eigenvalue weighted by Crippen LogP contribution is -2.48. The SMILES string of the molecule is CCCC(=O)N1CCN(Cc2ccccc2OC(C)C)CC1. The minimum absolute atomic E-state index is 0.185. The van der Waals surface area contributed by atoms with Gasteiger partial charge in [-0.05, 0) is 26.3 Å². The van der Waals surface area contributed by atoms with Crippen LogP contribution in [-0.2, 0) is 11.3 Å². The Balaban J connectivity index is 1.90. The van der Waals surface area contributed by atoms with Crippen molar-refractivity contribution in [3.05, 3.63) is 29.8 Å². The van der Waals surface area contributed by atoms with Gasteiger partial charge in [-0.25, -0.2) is 0 Å². The van der Waals surface area contributed by atoms with E-state index in [0.29, 0.717) is 12.3 Å². The molecule has 1 heterocycles. The molecular weight excluding hydrogens is 276 g/mol. The summed E-state index contributed by atoms with van der Waals surface area (Å²) in [4.78, 5) is 16.3. The van der Waals surface area contributed by atoms with E-state index in [-0.39, 0.29) is 6.10 Å². The van der Waals surface area contributed by atoms with Crippen LogP contribution in [0.15, 0.2) is 24.3 Å². The van der Waals surface area contributed by atoms with Crippen LogP contribution in [0.4, 0.5) is 0 Å². The molecule has 0 aliphatic carbocycles. The molecular formula is C18H28N2O2. The van der Waals surface area contributed by atoms with Crippen molar-refractivity contribution in [1.82, 2.24) is 9.80 Å². The third-order valence-electron chi connectivity index (χ3n) is 3.92. The van der Waals surface area contributed by atoms with E-state index in [1.807, 2.05) is 17.0 Å². The van der Waals surface area contributed by atoms with Crippen LogP contribution in [0.2, 0.25) is 0 Å². The van der Waals surface area contributed by atoms with Gasteiger partial charge in [0.1, 0.15) is 5.75 Å². The average molecular weight is 304 g/mol. The number of hydrogen-bond donors (Lipinski definition) is 0. The molecule has 4 heteroatoms. The summed E-state index contributed by atoms with van der Waals surface area (Å²) in [5.74, 6) is 1.27. The Morgan fingerprint density at radius 3 is 2.50 bits per heavy atom. The number of amides is 1. The lowest BCUT2D eigenvalue weighted by atomic mass is 10.1. The fourth-order valence-electron chi connectivity index (χ4n) is 2.77. The van der Waals surface area contributed by atoms with Gasteiger partial charge in [0.25, 0.3) is 0 Å². The van der Waals surface area contributed by atoms with Crippen LogP contribution in [0.5, 0.6) is 5.75 Å². The second-order valence-electron chi connectivity index (χ2n) is 6.18. The van der Waals surface area contributed by atoms with Crippen molar-refractivity contribution in [1.29, 1.82) is 0 Å². The molecule has 0 unspecified atom stereocenters. The highest BCUT2D eigenvalue weighted by molar-refractivity contribution is 5.76. The summed E-state index contributed by atoms with van der Waals surface area (Å²) in [5, 5.41) is 0. The molecule has 1 amide bonds. The van der Waals surface area contributed by atoms with Crippen molar-refractivity contribution in [2.45, 2.75) is 46.3 Å². The first-order chi connectivity index (χ1) is 10.6. The van der Waals surface area contributed by atoms with Crippen LogP contribution in [0.3, 0.4) is 0 Å². The van der Waals surface area contributed by atoms with Gasteiger partial charge < -0.3 is 9.64 Å². The molecule has 0 saturated carbocycles. The first-order valence-corrected chi connectivity index (χ1v) is 8.34. The number of nitrogens with zero attached hydrogens (tertiary/aromatic N) is 2. The molecule has 2 rings (SSSR count). The van der Waals surface area contributed by atoms with Crippen LogP contribution < -0.4 is 4.74 Å². The van der Waals surface area contributed by atoms with Gasteiger partial charge in [-0.15, -0.1) is 0 Å². The van der Waals surface area contributed by atoms with Gasteiger partial charge in [0, 0.05) is 44.7 Å². The Kier molecular flexibility index (Phi) is 6.25. The number of para-hydroxylation sites is 1. The maximum atomic E-state index is 11.9. The highest BCUT2D eigenvalue weighted by Gasteiger charge is 2.21. The molecule has 1 aromatic rings. The number of rotatable bonds is 6. The third-order valence-corrected chi connectivity index (χ3v) is 3.92. The zero-order valence-corrected chi connectivity index (χ0v) is 14.0. The minimum atomic E-state index is 0.185. The number of benzene rings is 1. The second-order valence-corrected chi connectivity index (χ2v) is 6.18.